The Hall–Kier alpha value is -2.18. The van der Waals surface area contributed by atoms with Crippen molar-refractivity contribution in [3.8, 4) is 5.75 Å². The van der Waals surface area contributed by atoms with Crippen LogP contribution in [0.1, 0.15) is 13.8 Å². The van der Waals surface area contributed by atoms with E-state index in [0.29, 0.717) is 23.0 Å². The summed E-state index contributed by atoms with van der Waals surface area (Å²) in [5.74, 6) is 0.629. The maximum Gasteiger partial charge on any atom is 0.234 e. The van der Waals surface area contributed by atoms with E-state index < -0.39 is 0 Å². The number of carbonyl (C=O) groups excluding carboxylic acids is 2. The average Bonchev–Trinajstić information content (AvgIpc) is 2.57. The highest BCUT2D eigenvalue weighted by molar-refractivity contribution is 8.00. The van der Waals surface area contributed by atoms with Gasteiger partial charge in [0.25, 0.3) is 0 Å². The van der Waals surface area contributed by atoms with Crippen LogP contribution in [0.5, 0.6) is 5.75 Å². The molecule has 7 heteroatoms. The maximum atomic E-state index is 12.2. The summed E-state index contributed by atoms with van der Waals surface area (Å²) < 4.78 is 5.39. The van der Waals surface area contributed by atoms with Gasteiger partial charge in [0.15, 0.2) is 0 Å². The molecule has 0 bridgehead atoms. The number of benzene rings is 2. The largest absolute Gasteiger partial charge is 0.494 e. The number of amides is 2. The Bertz CT molecular complexity index is 750. The molecule has 0 aliphatic carbocycles. The third-order valence-electron chi connectivity index (χ3n) is 3.07. The highest BCUT2D eigenvalue weighted by Gasteiger charge is 2.10. The molecular weight excluding hydrogens is 360 g/mol. The van der Waals surface area contributed by atoms with Gasteiger partial charge >= 0.3 is 0 Å². The van der Waals surface area contributed by atoms with Crippen LogP contribution in [-0.2, 0) is 9.59 Å². The second-order valence-electron chi connectivity index (χ2n) is 5.11. The molecule has 0 unspecified atom stereocenters. The Morgan fingerprint density at radius 2 is 1.80 bits per heavy atom. The molecule has 5 nitrogen and oxygen atoms in total. The predicted molar refractivity (Wildman–Crippen MR) is 103 cm³/mol. The molecule has 132 valence electrons. The van der Waals surface area contributed by atoms with Crippen molar-refractivity contribution in [2.45, 2.75) is 18.7 Å². The lowest BCUT2D eigenvalue weighted by atomic mass is 10.2. The number of ether oxygens (including phenoxy) is 1. The maximum absolute atomic E-state index is 12.2. The van der Waals surface area contributed by atoms with Gasteiger partial charge in [-0.3, -0.25) is 9.59 Å². The van der Waals surface area contributed by atoms with E-state index in [1.165, 1.54) is 18.7 Å². The Labute approximate surface area is 156 Å². The van der Waals surface area contributed by atoms with E-state index in [-0.39, 0.29) is 17.6 Å². The number of anilines is 2. The summed E-state index contributed by atoms with van der Waals surface area (Å²) in [5, 5.41) is 5.92. The lowest BCUT2D eigenvalue weighted by Gasteiger charge is -2.12. The third-order valence-corrected chi connectivity index (χ3v) is 4.32. The van der Waals surface area contributed by atoms with Crippen LogP contribution in [0, 0.1) is 0 Å². The molecule has 2 aromatic rings. The Morgan fingerprint density at radius 3 is 2.44 bits per heavy atom. The summed E-state index contributed by atoms with van der Waals surface area (Å²) in [5.41, 5.74) is 0.983. The van der Waals surface area contributed by atoms with Gasteiger partial charge in [0, 0.05) is 16.8 Å². The topological polar surface area (TPSA) is 67.4 Å². The van der Waals surface area contributed by atoms with E-state index in [4.69, 9.17) is 16.3 Å². The van der Waals surface area contributed by atoms with Crippen LogP contribution in [-0.4, -0.2) is 24.2 Å². The predicted octanol–water partition coefficient (Wildman–Crippen LogP) is 4.43. The molecule has 0 fully saturated rings. The molecule has 0 radical (unpaired) electrons. The molecule has 0 aliphatic rings. The number of hydrogen-bond acceptors (Lipinski definition) is 4. The van der Waals surface area contributed by atoms with Crippen molar-refractivity contribution < 1.29 is 14.3 Å². The molecule has 0 saturated heterocycles. The zero-order valence-electron chi connectivity index (χ0n) is 14.0. The van der Waals surface area contributed by atoms with Crippen LogP contribution < -0.4 is 15.4 Å². The molecule has 0 aliphatic heterocycles. The first-order valence-electron chi connectivity index (χ1n) is 7.70. The lowest BCUT2D eigenvalue weighted by molar-refractivity contribution is -0.115. The van der Waals surface area contributed by atoms with Gasteiger partial charge in [-0.15, -0.1) is 11.8 Å². The highest BCUT2D eigenvalue weighted by Crippen LogP contribution is 2.27. The minimum absolute atomic E-state index is 0.187. The van der Waals surface area contributed by atoms with Crippen LogP contribution in [0.15, 0.2) is 47.4 Å². The van der Waals surface area contributed by atoms with Crippen molar-refractivity contribution >= 4 is 46.6 Å². The molecule has 0 spiro atoms. The van der Waals surface area contributed by atoms with E-state index >= 15 is 0 Å². The summed E-state index contributed by atoms with van der Waals surface area (Å²) >= 11 is 7.38. The summed E-state index contributed by atoms with van der Waals surface area (Å²) in [6, 6.07) is 12.5. The first-order valence-corrected chi connectivity index (χ1v) is 9.07. The van der Waals surface area contributed by atoms with Gasteiger partial charge in [-0.25, -0.2) is 0 Å². The second kappa shape index (κ2) is 9.34. The average molecular weight is 379 g/mol. The van der Waals surface area contributed by atoms with Gasteiger partial charge < -0.3 is 15.4 Å². The molecule has 0 heterocycles. The molecule has 0 saturated carbocycles. The summed E-state index contributed by atoms with van der Waals surface area (Å²) in [6.07, 6.45) is 0. The molecule has 2 amide bonds. The number of thioether (sulfide) groups is 1. The highest BCUT2D eigenvalue weighted by atomic mass is 35.5. The lowest BCUT2D eigenvalue weighted by Crippen LogP contribution is -2.16. The fourth-order valence-electron chi connectivity index (χ4n) is 2.05. The van der Waals surface area contributed by atoms with E-state index in [2.05, 4.69) is 10.6 Å². The second-order valence-corrected chi connectivity index (χ2v) is 6.60. The van der Waals surface area contributed by atoms with E-state index in [9.17, 15) is 9.59 Å². The zero-order valence-corrected chi connectivity index (χ0v) is 15.5. The number of nitrogens with one attached hydrogen (secondary N) is 2. The number of hydrogen-bond donors (Lipinski definition) is 2. The Balaban J connectivity index is 1.95. The Morgan fingerprint density at radius 1 is 1.08 bits per heavy atom. The fourth-order valence-corrected chi connectivity index (χ4v) is 2.92. The van der Waals surface area contributed by atoms with Crippen molar-refractivity contribution in [1.29, 1.82) is 0 Å². The molecule has 2 rings (SSSR count). The monoisotopic (exact) mass is 378 g/mol. The van der Waals surface area contributed by atoms with E-state index in [1.54, 1.807) is 18.2 Å². The van der Waals surface area contributed by atoms with Crippen LogP contribution in [0.4, 0.5) is 11.4 Å². The summed E-state index contributed by atoms with van der Waals surface area (Å²) in [4.78, 5) is 24.4. The number of carbonyl (C=O) groups is 2. The first-order chi connectivity index (χ1) is 12.0. The van der Waals surface area contributed by atoms with Crippen molar-refractivity contribution in [2.75, 3.05) is 23.0 Å². The van der Waals surface area contributed by atoms with Gasteiger partial charge in [0.05, 0.1) is 23.7 Å². The van der Waals surface area contributed by atoms with Crippen molar-refractivity contribution in [3.63, 3.8) is 0 Å². The normalized spacial score (nSPS) is 10.2. The molecule has 0 aromatic heterocycles. The van der Waals surface area contributed by atoms with Crippen LogP contribution in [0.25, 0.3) is 0 Å². The van der Waals surface area contributed by atoms with Gasteiger partial charge in [-0.05, 0) is 49.4 Å². The number of halogens is 1. The summed E-state index contributed by atoms with van der Waals surface area (Å²) in [7, 11) is 0. The molecule has 2 aromatic carbocycles. The molecule has 25 heavy (non-hydrogen) atoms. The third kappa shape index (κ3) is 6.32. The minimum Gasteiger partial charge on any atom is -0.494 e. The van der Waals surface area contributed by atoms with E-state index in [0.717, 1.165) is 10.6 Å². The smallest absolute Gasteiger partial charge is 0.234 e. The van der Waals surface area contributed by atoms with Crippen molar-refractivity contribution in [1.82, 2.24) is 0 Å². The standard InChI is InChI=1S/C18H19ClN2O3S/c1-3-24-14-5-7-15(8-6-14)25-11-18(23)21-17-10-13(19)4-9-16(17)20-12(2)22/h4-10H,3,11H2,1-2H3,(H,20,22)(H,21,23). The SMILES string of the molecule is CCOc1ccc(SCC(=O)Nc2cc(Cl)ccc2NC(C)=O)cc1. The van der Waals surface area contributed by atoms with Crippen LogP contribution in [0.3, 0.4) is 0 Å². The zero-order chi connectivity index (χ0) is 18.2. The van der Waals surface area contributed by atoms with Gasteiger partial charge in [-0.2, -0.15) is 0 Å². The molecular formula is C18H19ClN2O3S. The first kappa shape index (κ1) is 19.1. The van der Waals surface area contributed by atoms with Gasteiger partial charge in [0.1, 0.15) is 5.75 Å². The van der Waals surface area contributed by atoms with Crippen LogP contribution in [0.2, 0.25) is 5.02 Å². The van der Waals surface area contributed by atoms with Gasteiger partial charge in [-0.1, -0.05) is 11.6 Å². The van der Waals surface area contributed by atoms with E-state index in [1.807, 2.05) is 31.2 Å². The summed E-state index contributed by atoms with van der Waals surface area (Å²) in [6.45, 7) is 3.95. The Kier molecular flexibility index (Phi) is 7.16. The van der Waals surface area contributed by atoms with Crippen molar-refractivity contribution in [3.05, 3.63) is 47.5 Å². The van der Waals surface area contributed by atoms with Crippen molar-refractivity contribution in [2.24, 2.45) is 0 Å². The molecule has 0 atom stereocenters. The molecule has 2 N–H and O–H groups in total. The minimum atomic E-state index is -0.221. The quantitative estimate of drug-likeness (QED) is 0.699. The van der Waals surface area contributed by atoms with Crippen LogP contribution >= 0.6 is 23.4 Å². The fraction of sp³-hybridized carbons (Fsp3) is 0.222. The number of rotatable bonds is 7. The van der Waals surface area contributed by atoms with Gasteiger partial charge in [0.2, 0.25) is 11.8 Å².